The topological polar surface area (TPSA) is 75.7 Å². The molecule has 0 aliphatic carbocycles. The highest BCUT2D eigenvalue weighted by atomic mass is 16.5. The molecule has 2 unspecified atom stereocenters. The quantitative estimate of drug-likeness (QED) is 0.245. The van der Waals surface area contributed by atoms with Crippen LogP contribution in [-0.4, -0.2) is 61.5 Å². The number of anilines is 2. The van der Waals surface area contributed by atoms with Gasteiger partial charge in [0, 0.05) is 49.7 Å². The molecular formula is C32H36N3O4+. The zero-order valence-electron chi connectivity index (χ0n) is 22.6. The molecule has 3 fully saturated rings. The number of ketones is 1. The predicted molar refractivity (Wildman–Crippen MR) is 151 cm³/mol. The van der Waals surface area contributed by atoms with Crippen molar-refractivity contribution in [3.63, 3.8) is 0 Å². The van der Waals surface area contributed by atoms with Crippen LogP contribution in [0.15, 0.2) is 84.9 Å². The number of rotatable bonds is 9. The molecule has 6 rings (SSSR count). The Kier molecular flexibility index (Phi) is 7.79. The molecule has 1 N–H and O–H groups in total. The first-order valence-corrected chi connectivity index (χ1v) is 13.6. The van der Waals surface area contributed by atoms with Gasteiger partial charge in [-0.1, -0.05) is 66.7 Å². The normalized spacial score (nSPS) is 22.5. The summed E-state index contributed by atoms with van der Waals surface area (Å²) in [5.74, 6) is -0.00790. The lowest BCUT2D eigenvalue weighted by molar-refractivity contribution is -0.938. The lowest BCUT2D eigenvalue weighted by Gasteiger charge is -2.51. The lowest BCUT2D eigenvalue weighted by Crippen LogP contribution is -2.65. The molecule has 2 bridgehead atoms. The van der Waals surface area contributed by atoms with Crippen molar-refractivity contribution in [1.82, 2.24) is 0 Å². The Labute approximate surface area is 230 Å². The summed E-state index contributed by atoms with van der Waals surface area (Å²) in [5, 5.41) is 2.81. The summed E-state index contributed by atoms with van der Waals surface area (Å²) in [6.07, 6.45) is 1.67. The van der Waals surface area contributed by atoms with Crippen molar-refractivity contribution in [2.24, 2.45) is 5.92 Å². The van der Waals surface area contributed by atoms with Gasteiger partial charge in [-0.15, -0.1) is 0 Å². The van der Waals surface area contributed by atoms with Gasteiger partial charge < -0.3 is 19.4 Å². The lowest BCUT2D eigenvalue weighted by atomic mass is 9.82. The number of likely N-dealkylation sites (N-methyl/N-ethyl adjacent to an activating group) is 1. The number of carbonyl (C=O) groups excluding carboxylic acids is 3. The standard InChI is InChI=1S/C32H35N3O4/c1-23(36)33-27-14-9-15-28(20-27)34(2)31(26-12-7-4-8-13-26)32(38)39-30-22-35(18-16-25(30)17-19-35)21-29(37)24-10-5-3-6-11-24/h3-15,20,25,30-31H,16-19,21-22H2,1-2H3/p+1. The van der Waals surface area contributed by atoms with Crippen LogP contribution < -0.4 is 10.2 Å². The highest BCUT2D eigenvalue weighted by Crippen LogP contribution is 2.37. The van der Waals surface area contributed by atoms with Crippen LogP contribution in [0, 0.1) is 5.92 Å². The predicted octanol–water partition coefficient (Wildman–Crippen LogP) is 4.86. The minimum atomic E-state index is -0.659. The van der Waals surface area contributed by atoms with Crippen molar-refractivity contribution in [2.45, 2.75) is 31.9 Å². The fraction of sp³-hybridized carbons (Fsp3) is 0.344. The molecule has 2 atom stereocenters. The summed E-state index contributed by atoms with van der Waals surface area (Å²) in [5.41, 5.74) is 3.02. The molecular weight excluding hydrogens is 490 g/mol. The van der Waals surface area contributed by atoms with Crippen molar-refractivity contribution < 1.29 is 23.6 Å². The summed E-state index contributed by atoms with van der Waals surface area (Å²) >= 11 is 0. The van der Waals surface area contributed by atoms with Gasteiger partial charge in [-0.25, -0.2) is 4.79 Å². The largest absolute Gasteiger partial charge is 0.454 e. The molecule has 7 heteroatoms. The molecule has 0 saturated carbocycles. The molecule has 7 nitrogen and oxygen atoms in total. The zero-order valence-corrected chi connectivity index (χ0v) is 22.6. The number of hydrogen-bond acceptors (Lipinski definition) is 5. The summed E-state index contributed by atoms with van der Waals surface area (Å²) < 4.78 is 6.99. The van der Waals surface area contributed by atoms with E-state index >= 15 is 0 Å². The molecule has 3 heterocycles. The van der Waals surface area contributed by atoms with Gasteiger partial charge in [-0.05, 0) is 23.8 Å². The summed E-state index contributed by atoms with van der Waals surface area (Å²) in [6, 6.07) is 25.9. The second kappa shape index (κ2) is 11.4. The zero-order chi connectivity index (χ0) is 27.4. The third-order valence-corrected chi connectivity index (χ3v) is 8.18. The number of ether oxygens (including phenoxy) is 1. The van der Waals surface area contributed by atoms with E-state index in [1.54, 1.807) is 0 Å². The van der Waals surface area contributed by atoms with Crippen LogP contribution in [0.25, 0.3) is 0 Å². The number of Topliss-reactive ketones (excluding diaryl/α,β-unsaturated/α-hetero) is 1. The van der Waals surface area contributed by atoms with Gasteiger partial charge in [-0.3, -0.25) is 9.59 Å². The molecule has 0 radical (unpaired) electrons. The number of quaternary nitrogens is 1. The number of nitrogens with one attached hydrogen (secondary N) is 1. The van der Waals surface area contributed by atoms with E-state index in [0.717, 1.165) is 42.7 Å². The van der Waals surface area contributed by atoms with E-state index in [9.17, 15) is 14.4 Å². The van der Waals surface area contributed by atoms with E-state index < -0.39 is 6.04 Å². The highest BCUT2D eigenvalue weighted by Gasteiger charge is 2.49. The fourth-order valence-corrected chi connectivity index (χ4v) is 6.12. The van der Waals surface area contributed by atoms with Crippen LogP contribution >= 0.6 is 0 Å². The second-order valence-electron chi connectivity index (χ2n) is 10.9. The van der Waals surface area contributed by atoms with Crippen molar-refractivity contribution >= 4 is 29.0 Å². The minimum absolute atomic E-state index is 0.141. The molecule has 3 saturated heterocycles. The fourth-order valence-electron chi connectivity index (χ4n) is 6.12. The van der Waals surface area contributed by atoms with Gasteiger partial charge in [-0.2, -0.15) is 0 Å². The Hall–Kier alpha value is -3.97. The van der Waals surface area contributed by atoms with Crippen LogP contribution in [0.1, 0.15) is 41.7 Å². The van der Waals surface area contributed by atoms with E-state index in [2.05, 4.69) is 5.32 Å². The Morgan fingerprint density at radius 3 is 2.28 bits per heavy atom. The maximum atomic E-state index is 13.9. The molecule has 0 aromatic heterocycles. The Bertz CT molecular complexity index is 1320. The van der Waals surface area contributed by atoms with E-state index in [-0.39, 0.29) is 23.8 Å². The molecule has 3 aromatic carbocycles. The number of hydrogen-bond donors (Lipinski definition) is 1. The number of esters is 1. The van der Waals surface area contributed by atoms with E-state index in [1.807, 2.05) is 96.9 Å². The molecule has 3 aliphatic heterocycles. The Morgan fingerprint density at radius 2 is 1.62 bits per heavy atom. The third-order valence-electron chi connectivity index (χ3n) is 8.18. The molecule has 202 valence electrons. The summed E-state index contributed by atoms with van der Waals surface area (Å²) in [4.78, 5) is 40.5. The monoisotopic (exact) mass is 526 g/mol. The third kappa shape index (κ3) is 6.04. The van der Waals surface area contributed by atoms with Crippen LogP contribution in [0.5, 0.6) is 0 Å². The van der Waals surface area contributed by atoms with Gasteiger partial charge in [0.15, 0.2) is 12.1 Å². The number of amides is 1. The highest BCUT2D eigenvalue weighted by molar-refractivity contribution is 5.97. The molecule has 0 spiro atoms. The van der Waals surface area contributed by atoms with E-state index in [0.29, 0.717) is 29.2 Å². The van der Waals surface area contributed by atoms with Crippen molar-refractivity contribution in [2.75, 3.05) is 43.4 Å². The van der Waals surface area contributed by atoms with Gasteiger partial charge in [0.2, 0.25) is 11.7 Å². The Balaban J connectivity index is 1.35. The molecule has 3 aliphatic rings. The average molecular weight is 527 g/mol. The number of fused-ring (bicyclic) bond motifs is 3. The first-order chi connectivity index (χ1) is 18.8. The number of piperidine rings is 3. The SMILES string of the molecule is CC(=O)Nc1cccc(N(C)C(C(=O)OC2C[N+]3(CC(=O)c4ccccc4)CCC2CC3)c2ccccc2)c1. The van der Waals surface area contributed by atoms with Crippen LogP contribution in [-0.2, 0) is 14.3 Å². The first kappa shape index (κ1) is 26.6. The van der Waals surface area contributed by atoms with Crippen molar-refractivity contribution in [1.29, 1.82) is 0 Å². The summed E-state index contributed by atoms with van der Waals surface area (Å²) in [7, 11) is 1.87. The van der Waals surface area contributed by atoms with Crippen LogP contribution in [0.3, 0.4) is 0 Å². The van der Waals surface area contributed by atoms with Gasteiger partial charge in [0.1, 0.15) is 13.1 Å². The molecule has 39 heavy (non-hydrogen) atoms. The number of benzene rings is 3. The van der Waals surface area contributed by atoms with Crippen molar-refractivity contribution in [3.8, 4) is 0 Å². The smallest absolute Gasteiger partial charge is 0.333 e. The van der Waals surface area contributed by atoms with Gasteiger partial charge in [0.05, 0.1) is 13.1 Å². The maximum Gasteiger partial charge on any atom is 0.333 e. The minimum Gasteiger partial charge on any atom is -0.454 e. The first-order valence-electron chi connectivity index (χ1n) is 13.6. The van der Waals surface area contributed by atoms with Gasteiger partial charge in [0.25, 0.3) is 0 Å². The van der Waals surface area contributed by atoms with E-state index in [1.165, 1.54) is 6.92 Å². The maximum absolute atomic E-state index is 13.9. The van der Waals surface area contributed by atoms with Crippen molar-refractivity contribution in [3.05, 3.63) is 96.1 Å². The number of carbonyl (C=O) groups is 3. The molecule has 3 aromatic rings. The van der Waals surface area contributed by atoms with Crippen LogP contribution in [0.4, 0.5) is 11.4 Å². The molecule has 1 amide bonds. The van der Waals surface area contributed by atoms with Crippen LogP contribution in [0.2, 0.25) is 0 Å². The average Bonchev–Trinajstić information content (AvgIpc) is 2.94. The second-order valence-corrected chi connectivity index (χ2v) is 10.9. The summed E-state index contributed by atoms with van der Waals surface area (Å²) in [6.45, 7) is 4.45. The van der Waals surface area contributed by atoms with Gasteiger partial charge >= 0.3 is 5.97 Å². The Morgan fingerprint density at radius 1 is 0.949 bits per heavy atom. The van der Waals surface area contributed by atoms with E-state index in [4.69, 9.17) is 4.74 Å². The number of nitrogens with zero attached hydrogens (tertiary/aromatic N) is 2.